The van der Waals surface area contributed by atoms with Gasteiger partial charge in [-0.1, -0.05) is 35.9 Å². The summed E-state index contributed by atoms with van der Waals surface area (Å²) in [6.07, 6.45) is -4.27. The van der Waals surface area contributed by atoms with E-state index < -0.39 is 29.8 Å². The monoisotopic (exact) mass is 449 g/mol. The molecule has 0 bridgehead atoms. The Morgan fingerprint density at radius 2 is 1.77 bits per heavy atom. The number of halogens is 4. The van der Waals surface area contributed by atoms with Crippen LogP contribution in [0, 0.1) is 0 Å². The Bertz CT molecular complexity index is 1160. The van der Waals surface area contributed by atoms with Crippen molar-refractivity contribution in [3.8, 4) is 16.9 Å². The second-order valence-corrected chi connectivity index (χ2v) is 7.40. The number of carbonyl (C=O) groups excluding carboxylic acids is 1. The molecule has 31 heavy (non-hydrogen) atoms. The van der Waals surface area contributed by atoms with Gasteiger partial charge in [0.2, 0.25) is 0 Å². The summed E-state index contributed by atoms with van der Waals surface area (Å²) in [6.45, 7) is 0.339. The van der Waals surface area contributed by atoms with Gasteiger partial charge in [0.15, 0.2) is 5.69 Å². The molecule has 10 heteroatoms. The second-order valence-electron chi connectivity index (χ2n) is 6.99. The van der Waals surface area contributed by atoms with Crippen molar-refractivity contribution in [2.75, 3.05) is 6.54 Å². The maximum atomic E-state index is 13.3. The number of alkyl halides is 3. The van der Waals surface area contributed by atoms with Crippen LogP contribution in [0.5, 0.6) is 0 Å². The van der Waals surface area contributed by atoms with Crippen molar-refractivity contribution in [2.45, 2.75) is 18.6 Å². The van der Waals surface area contributed by atoms with E-state index >= 15 is 0 Å². The smallest absolute Gasteiger partial charge is 0.435 e. The lowest BCUT2D eigenvalue weighted by Gasteiger charge is -2.37. The van der Waals surface area contributed by atoms with Crippen molar-refractivity contribution in [1.29, 1.82) is 0 Å². The van der Waals surface area contributed by atoms with E-state index in [9.17, 15) is 22.8 Å². The van der Waals surface area contributed by atoms with Crippen LogP contribution in [-0.4, -0.2) is 44.3 Å². The standard InChI is InChI=1S/C21H15ClF3N3O3/c22-14-3-1-2-4-15(14)28-17(11-18(26-28)21(23,24)25)12-5-7-13(8-6-12)19(29)27-10-9-16(27)20(30)31/h1-8,11,16H,9-10H2,(H,30,31). The lowest BCUT2D eigenvalue weighted by molar-refractivity contribution is -0.146. The van der Waals surface area contributed by atoms with Gasteiger partial charge in [-0.3, -0.25) is 4.79 Å². The number of likely N-dealkylation sites (tertiary alicyclic amines) is 1. The van der Waals surface area contributed by atoms with Gasteiger partial charge in [-0.05, 0) is 36.8 Å². The molecule has 1 N–H and O–H groups in total. The van der Waals surface area contributed by atoms with Crippen LogP contribution in [-0.2, 0) is 11.0 Å². The molecule has 0 saturated carbocycles. The van der Waals surface area contributed by atoms with Crippen molar-refractivity contribution < 1.29 is 27.9 Å². The minimum absolute atomic E-state index is 0.145. The molecule has 6 nitrogen and oxygen atoms in total. The Balaban J connectivity index is 1.71. The Hall–Kier alpha value is -3.33. The van der Waals surface area contributed by atoms with Crippen molar-refractivity contribution >= 4 is 23.5 Å². The summed E-state index contributed by atoms with van der Waals surface area (Å²) < 4.78 is 41.0. The predicted octanol–water partition coefficient (Wildman–Crippen LogP) is 4.51. The molecule has 1 aliphatic rings. The van der Waals surface area contributed by atoms with Crippen molar-refractivity contribution in [1.82, 2.24) is 14.7 Å². The molecular weight excluding hydrogens is 435 g/mol. The van der Waals surface area contributed by atoms with Gasteiger partial charge in [-0.2, -0.15) is 18.3 Å². The lowest BCUT2D eigenvalue weighted by atomic mass is 10.0. The molecule has 1 unspecified atom stereocenters. The van der Waals surface area contributed by atoms with E-state index in [-0.39, 0.29) is 22.0 Å². The quantitative estimate of drug-likeness (QED) is 0.636. The largest absolute Gasteiger partial charge is 0.480 e. The molecule has 1 amide bonds. The zero-order chi connectivity index (χ0) is 22.3. The van der Waals surface area contributed by atoms with Crippen molar-refractivity contribution in [3.05, 3.63) is 70.9 Å². The zero-order valence-electron chi connectivity index (χ0n) is 15.8. The van der Waals surface area contributed by atoms with Crippen LogP contribution in [0.2, 0.25) is 5.02 Å². The number of nitrogens with zero attached hydrogens (tertiary/aromatic N) is 3. The summed E-state index contributed by atoms with van der Waals surface area (Å²) in [4.78, 5) is 24.9. The lowest BCUT2D eigenvalue weighted by Crippen LogP contribution is -2.55. The van der Waals surface area contributed by atoms with Gasteiger partial charge in [0.25, 0.3) is 5.91 Å². The molecule has 2 aromatic carbocycles. The minimum atomic E-state index is -4.65. The number of rotatable bonds is 4. The first-order valence-electron chi connectivity index (χ1n) is 9.23. The van der Waals surface area contributed by atoms with Gasteiger partial charge in [-0.25, -0.2) is 9.48 Å². The van der Waals surface area contributed by atoms with Crippen LogP contribution in [0.1, 0.15) is 22.5 Å². The number of carbonyl (C=O) groups is 2. The number of benzene rings is 2. The highest BCUT2D eigenvalue weighted by atomic mass is 35.5. The van der Waals surface area contributed by atoms with Crippen LogP contribution in [0.15, 0.2) is 54.6 Å². The normalized spacial score (nSPS) is 16.1. The number of aromatic nitrogens is 2. The van der Waals surface area contributed by atoms with E-state index in [1.54, 1.807) is 24.3 Å². The Kier molecular flexibility index (Phi) is 5.22. The van der Waals surface area contributed by atoms with Crippen LogP contribution in [0.4, 0.5) is 13.2 Å². The van der Waals surface area contributed by atoms with Crippen LogP contribution < -0.4 is 0 Å². The van der Waals surface area contributed by atoms with E-state index in [4.69, 9.17) is 16.7 Å². The third kappa shape index (κ3) is 3.88. The number of amides is 1. The van der Waals surface area contributed by atoms with Crippen LogP contribution in [0.25, 0.3) is 16.9 Å². The maximum Gasteiger partial charge on any atom is 0.435 e. The average molecular weight is 450 g/mol. The van der Waals surface area contributed by atoms with Crippen molar-refractivity contribution in [2.24, 2.45) is 0 Å². The molecule has 2 heterocycles. The van der Waals surface area contributed by atoms with Gasteiger partial charge >= 0.3 is 12.1 Å². The summed E-state index contributed by atoms with van der Waals surface area (Å²) in [6, 6.07) is 12.3. The Labute approximate surface area is 179 Å². The molecule has 1 fully saturated rings. The fraction of sp³-hybridized carbons (Fsp3) is 0.190. The number of carboxylic acid groups (broad SMARTS) is 1. The molecule has 0 aliphatic carbocycles. The van der Waals surface area contributed by atoms with Crippen LogP contribution >= 0.6 is 11.6 Å². The Morgan fingerprint density at radius 1 is 1.10 bits per heavy atom. The van der Waals surface area contributed by atoms with Gasteiger partial charge < -0.3 is 10.0 Å². The number of aliphatic carboxylic acids is 1. The van der Waals surface area contributed by atoms with Gasteiger partial charge in [0.1, 0.15) is 6.04 Å². The van der Waals surface area contributed by atoms with Crippen LogP contribution in [0.3, 0.4) is 0 Å². The van der Waals surface area contributed by atoms with E-state index in [1.165, 1.54) is 29.2 Å². The first kappa shape index (κ1) is 20.9. The Morgan fingerprint density at radius 3 is 2.32 bits per heavy atom. The van der Waals surface area contributed by atoms with Gasteiger partial charge in [0, 0.05) is 17.7 Å². The molecular formula is C21H15ClF3N3O3. The number of carboxylic acids is 1. The van der Waals surface area contributed by atoms with E-state index in [1.807, 2.05) is 0 Å². The third-order valence-electron chi connectivity index (χ3n) is 5.07. The topological polar surface area (TPSA) is 75.4 Å². The summed E-state index contributed by atoms with van der Waals surface area (Å²) in [5, 5.41) is 13.0. The highest BCUT2D eigenvalue weighted by Crippen LogP contribution is 2.34. The molecule has 1 aromatic heterocycles. The summed E-state index contributed by atoms with van der Waals surface area (Å²) >= 11 is 6.16. The SMILES string of the molecule is O=C(O)C1CCN1C(=O)c1ccc(-c2cc(C(F)(F)F)nn2-c2ccccc2Cl)cc1. The number of hydrogen-bond acceptors (Lipinski definition) is 3. The van der Waals surface area contributed by atoms with E-state index in [2.05, 4.69) is 5.10 Å². The fourth-order valence-electron chi connectivity index (χ4n) is 3.37. The summed E-state index contributed by atoms with van der Waals surface area (Å²) in [7, 11) is 0. The molecule has 0 spiro atoms. The average Bonchev–Trinajstić information content (AvgIpc) is 3.13. The highest BCUT2D eigenvalue weighted by molar-refractivity contribution is 6.32. The summed E-state index contributed by atoms with van der Waals surface area (Å²) in [5.41, 5.74) is -0.0219. The maximum absolute atomic E-state index is 13.3. The molecule has 4 rings (SSSR count). The molecule has 0 radical (unpaired) electrons. The summed E-state index contributed by atoms with van der Waals surface area (Å²) in [5.74, 6) is -1.51. The highest BCUT2D eigenvalue weighted by Gasteiger charge is 2.38. The first-order chi connectivity index (χ1) is 14.7. The molecule has 1 saturated heterocycles. The third-order valence-corrected chi connectivity index (χ3v) is 5.39. The first-order valence-corrected chi connectivity index (χ1v) is 9.61. The molecule has 160 valence electrons. The fourth-order valence-corrected chi connectivity index (χ4v) is 3.58. The molecule has 1 atom stereocenters. The zero-order valence-corrected chi connectivity index (χ0v) is 16.6. The minimum Gasteiger partial charge on any atom is -0.480 e. The predicted molar refractivity (Wildman–Crippen MR) is 106 cm³/mol. The van der Waals surface area contributed by atoms with Gasteiger partial charge in [-0.15, -0.1) is 0 Å². The second kappa shape index (κ2) is 7.73. The van der Waals surface area contributed by atoms with Crippen molar-refractivity contribution in [3.63, 3.8) is 0 Å². The molecule has 3 aromatic rings. The number of para-hydroxylation sites is 1. The van der Waals surface area contributed by atoms with E-state index in [0.29, 0.717) is 18.5 Å². The van der Waals surface area contributed by atoms with Gasteiger partial charge in [0.05, 0.1) is 16.4 Å². The molecule has 1 aliphatic heterocycles. The number of hydrogen-bond donors (Lipinski definition) is 1. The van der Waals surface area contributed by atoms with E-state index in [0.717, 1.165) is 10.7 Å².